The summed E-state index contributed by atoms with van der Waals surface area (Å²) >= 11 is 0. The summed E-state index contributed by atoms with van der Waals surface area (Å²) in [4.78, 5) is 3.76. The lowest BCUT2D eigenvalue weighted by atomic mass is 10.0. The van der Waals surface area contributed by atoms with Crippen LogP contribution in [0.4, 0.5) is 10.1 Å². The van der Waals surface area contributed by atoms with Gasteiger partial charge < -0.3 is 5.32 Å². The Balaban J connectivity index is 2.11. The number of halogens is 1. The largest absolute Gasteiger partial charge is 0.384 e. The normalized spacial score (nSPS) is 13.3. The van der Waals surface area contributed by atoms with Gasteiger partial charge in [-0.25, -0.2) is 4.39 Å². The third kappa shape index (κ3) is 1.45. The van der Waals surface area contributed by atoms with Crippen molar-refractivity contribution < 1.29 is 4.39 Å². The Bertz CT molecular complexity index is 537. The second-order valence-corrected chi connectivity index (χ2v) is 3.90. The van der Waals surface area contributed by atoms with Crippen LogP contribution in [0.1, 0.15) is 5.56 Å². The number of hydrogen-bond acceptors (Lipinski definition) is 2. The minimum atomic E-state index is -0.270. The Hall–Kier alpha value is -1.90. The molecule has 0 amide bonds. The van der Waals surface area contributed by atoms with Gasteiger partial charge >= 0.3 is 0 Å². The summed E-state index contributed by atoms with van der Waals surface area (Å²) in [7, 11) is 0. The molecule has 0 bridgehead atoms. The van der Waals surface area contributed by atoms with Gasteiger partial charge in [-0.3, -0.25) is 4.98 Å². The van der Waals surface area contributed by atoms with Crippen molar-refractivity contribution in [3.63, 3.8) is 0 Å². The van der Waals surface area contributed by atoms with E-state index in [9.17, 15) is 4.39 Å². The molecule has 1 aromatic heterocycles. The number of nitrogens with zero attached hydrogens (tertiary/aromatic N) is 1. The summed E-state index contributed by atoms with van der Waals surface area (Å²) < 4.78 is 13.5. The molecule has 0 unspecified atom stereocenters. The number of anilines is 1. The van der Waals surface area contributed by atoms with E-state index in [1.165, 1.54) is 17.4 Å². The van der Waals surface area contributed by atoms with E-state index in [-0.39, 0.29) is 5.82 Å². The van der Waals surface area contributed by atoms with Crippen LogP contribution < -0.4 is 5.32 Å². The first-order valence-electron chi connectivity index (χ1n) is 5.31. The lowest BCUT2D eigenvalue weighted by Crippen LogP contribution is -1.90. The fourth-order valence-electron chi connectivity index (χ4n) is 2.08. The summed E-state index contributed by atoms with van der Waals surface area (Å²) in [6, 6.07) is 7.71. The summed E-state index contributed by atoms with van der Waals surface area (Å²) in [6.07, 6.45) is 3.88. The zero-order valence-electron chi connectivity index (χ0n) is 8.70. The van der Waals surface area contributed by atoms with E-state index in [1.807, 2.05) is 18.2 Å². The molecule has 0 spiro atoms. The fraction of sp³-hybridized carbons (Fsp3) is 0.154. The maximum absolute atomic E-state index is 13.5. The van der Waals surface area contributed by atoms with Crippen molar-refractivity contribution in [1.82, 2.24) is 4.98 Å². The SMILES string of the molecule is Fc1cnccc1-c1ccc2c(c1)CCN2. The molecule has 0 fully saturated rings. The summed E-state index contributed by atoms with van der Waals surface area (Å²) in [5, 5.41) is 3.29. The number of nitrogens with one attached hydrogen (secondary N) is 1. The zero-order valence-corrected chi connectivity index (χ0v) is 8.70. The van der Waals surface area contributed by atoms with Crippen molar-refractivity contribution in [1.29, 1.82) is 0 Å². The molecule has 2 heterocycles. The summed E-state index contributed by atoms with van der Waals surface area (Å²) in [6.45, 7) is 0.970. The number of pyridine rings is 1. The maximum Gasteiger partial charge on any atom is 0.149 e. The predicted octanol–water partition coefficient (Wildman–Crippen LogP) is 2.86. The van der Waals surface area contributed by atoms with E-state index < -0.39 is 0 Å². The van der Waals surface area contributed by atoms with Crippen LogP contribution in [0.15, 0.2) is 36.7 Å². The summed E-state index contributed by atoms with van der Waals surface area (Å²) in [5.74, 6) is -0.270. The van der Waals surface area contributed by atoms with Gasteiger partial charge in [0.1, 0.15) is 5.82 Å². The fourth-order valence-corrected chi connectivity index (χ4v) is 2.08. The second kappa shape index (κ2) is 3.59. The third-order valence-corrected chi connectivity index (χ3v) is 2.90. The third-order valence-electron chi connectivity index (χ3n) is 2.90. The quantitative estimate of drug-likeness (QED) is 0.789. The topological polar surface area (TPSA) is 24.9 Å². The van der Waals surface area contributed by atoms with Gasteiger partial charge in [-0.1, -0.05) is 6.07 Å². The van der Waals surface area contributed by atoms with Gasteiger partial charge in [-0.2, -0.15) is 0 Å². The standard InChI is InChI=1S/C13H11FN2/c14-12-8-15-5-4-11(12)9-1-2-13-10(7-9)3-6-16-13/h1-2,4-5,7-8,16H,3,6H2. The van der Waals surface area contributed by atoms with Crippen molar-refractivity contribution >= 4 is 5.69 Å². The van der Waals surface area contributed by atoms with E-state index in [0.717, 1.165) is 18.5 Å². The smallest absolute Gasteiger partial charge is 0.149 e. The van der Waals surface area contributed by atoms with Gasteiger partial charge in [-0.05, 0) is 35.7 Å². The molecule has 0 radical (unpaired) electrons. The first-order chi connectivity index (χ1) is 7.84. The van der Waals surface area contributed by atoms with Crippen LogP contribution >= 0.6 is 0 Å². The van der Waals surface area contributed by atoms with Crippen LogP contribution in [-0.2, 0) is 6.42 Å². The molecule has 2 nitrogen and oxygen atoms in total. The molecule has 1 aliphatic heterocycles. The number of benzene rings is 1. The first kappa shape index (κ1) is 9.33. The molecule has 2 aromatic rings. The molecule has 1 N–H and O–H groups in total. The predicted molar refractivity (Wildman–Crippen MR) is 61.8 cm³/mol. The molecule has 16 heavy (non-hydrogen) atoms. The van der Waals surface area contributed by atoms with Gasteiger partial charge in [0.25, 0.3) is 0 Å². The van der Waals surface area contributed by atoms with E-state index >= 15 is 0 Å². The zero-order chi connectivity index (χ0) is 11.0. The lowest BCUT2D eigenvalue weighted by molar-refractivity contribution is 0.625. The highest BCUT2D eigenvalue weighted by Gasteiger charge is 2.12. The Kier molecular flexibility index (Phi) is 2.10. The minimum Gasteiger partial charge on any atom is -0.384 e. The van der Waals surface area contributed by atoms with E-state index in [2.05, 4.69) is 10.3 Å². The van der Waals surface area contributed by atoms with E-state index in [0.29, 0.717) is 5.56 Å². The number of rotatable bonds is 1. The van der Waals surface area contributed by atoms with Crippen LogP contribution in [0.3, 0.4) is 0 Å². The van der Waals surface area contributed by atoms with E-state index in [1.54, 1.807) is 12.3 Å². The Labute approximate surface area is 93.1 Å². The Morgan fingerprint density at radius 1 is 1.25 bits per heavy atom. The van der Waals surface area contributed by atoms with Crippen LogP contribution in [0, 0.1) is 5.82 Å². The molecule has 0 aliphatic carbocycles. The molecule has 1 aliphatic rings. The van der Waals surface area contributed by atoms with Crippen molar-refractivity contribution in [3.8, 4) is 11.1 Å². The van der Waals surface area contributed by atoms with Crippen molar-refractivity contribution in [2.24, 2.45) is 0 Å². The lowest BCUT2D eigenvalue weighted by Gasteiger charge is -2.05. The molecule has 0 atom stereocenters. The minimum absolute atomic E-state index is 0.270. The van der Waals surface area contributed by atoms with Crippen LogP contribution in [0.2, 0.25) is 0 Å². The highest BCUT2D eigenvalue weighted by Crippen LogP contribution is 2.29. The van der Waals surface area contributed by atoms with Crippen LogP contribution in [0.5, 0.6) is 0 Å². The first-order valence-corrected chi connectivity index (χ1v) is 5.31. The van der Waals surface area contributed by atoms with Gasteiger partial charge in [-0.15, -0.1) is 0 Å². The van der Waals surface area contributed by atoms with E-state index in [4.69, 9.17) is 0 Å². The average Bonchev–Trinajstić information content (AvgIpc) is 2.76. The monoisotopic (exact) mass is 214 g/mol. The van der Waals surface area contributed by atoms with Gasteiger partial charge in [0.2, 0.25) is 0 Å². The van der Waals surface area contributed by atoms with Crippen LogP contribution in [-0.4, -0.2) is 11.5 Å². The maximum atomic E-state index is 13.5. The van der Waals surface area contributed by atoms with Crippen molar-refractivity contribution in [2.45, 2.75) is 6.42 Å². The summed E-state index contributed by atoms with van der Waals surface area (Å²) in [5.41, 5.74) is 3.96. The molecule has 3 heteroatoms. The molecular formula is C13H11FN2. The molecular weight excluding hydrogens is 203 g/mol. The Morgan fingerprint density at radius 3 is 3.06 bits per heavy atom. The van der Waals surface area contributed by atoms with Gasteiger partial charge in [0.15, 0.2) is 0 Å². The van der Waals surface area contributed by atoms with Crippen molar-refractivity contribution in [3.05, 3.63) is 48.0 Å². The molecule has 3 rings (SSSR count). The number of fused-ring (bicyclic) bond motifs is 1. The molecule has 0 saturated heterocycles. The van der Waals surface area contributed by atoms with Crippen molar-refractivity contribution in [2.75, 3.05) is 11.9 Å². The van der Waals surface area contributed by atoms with Gasteiger partial charge in [0, 0.05) is 24.0 Å². The molecule has 80 valence electrons. The van der Waals surface area contributed by atoms with Crippen LogP contribution in [0.25, 0.3) is 11.1 Å². The molecule has 0 saturated carbocycles. The highest BCUT2D eigenvalue weighted by atomic mass is 19.1. The van der Waals surface area contributed by atoms with Gasteiger partial charge in [0.05, 0.1) is 6.20 Å². The average molecular weight is 214 g/mol. The second-order valence-electron chi connectivity index (χ2n) is 3.90. The number of aromatic nitrogens is 1. The highest BCUT2D eigenvalue weighted by molar-refractivity contribution is 5.69. The Morgan fingerprint density at radius 2 is 2.19 bits per heavy atom. The molecule has 1 aromatic carbocycles. The number of hydrogen-bond donors (Lipinski definition) is 1.